The lowest BCUT2D eigenvalue weighted by Gasteiger charge is -2.32. The highest BCUT2D eigenvalue weighted by atomic mass is 16.5. The van der Waals surface area contributed by atoms with Crippen LogP contribution in [0.5, 0.6) is 0 Å². The molecule has 4 rings (SSSR count). The van der Waals surface area contributed by atoms with E-state index in [9.17, 15) is 9.59 Å². The lowest BCUT2D eigenvalue weighted by Crippen LogP contribution is -2.47. The monoisotopic (exact) mass is 371 g/mol. The van der Waals surface area contributed by atoms with Crippen molar-refractivity contribution >= 4 is 23.2 Å². The van der Waals surface area contributed by atoms with Crippen molar-refractivity contribution in [1.29, 1.82) is 0 Å². The fraction of sp³-hybridized carbons (Fsp3) is 0.619. The Morgan fingerprint density at radius 3 is 2.26 bits per heavy atom. The molecule has 6 heteroatoms. The van der Waals surface area contributed by atoms with Gasteiger partial charge in [0.15, 0.2) is 0 Å². The molecule has 2 aliphatic heterocycles. The van der Waals surface area contributed by atoms with Crippen molar-refractivity contribution in [2.75, 3.05) is 49.6 Å². The molecule has 2 heterocycles. The molecule has 146 valence electrons. The van der Waals surface area contributed by atoms with Gasteiger partial charge in [-0.25, -0.2) is 0 Å². The highest BCUT2D eigenvalue weighted by Crippen LogP contribution is 2.48. The van der Waals surface area contributed by atoms with E-state index in [1.807, 2.05) is 12.1 Å². The lowest BCUT2D eigenvalue weighted by atomic mass is 9.99. The van der Waals surface area contributed by atoms with E-state index >= 15 is 0 Å². The Hall–Kier alpha value is -2.08. The average Bonchev–Trinajstić information content (AvgIpc) is 3.51. The summed E-state index contributed by atoms with van der Waals surface area (Å²) in [7, 11) is 0. The summed E-state index contributed by atoms with van der Waals surface area (Å²) in [6, 6.07) is 8.02. The highest BCUT2D eigenvalue weighted by molar-refractivity contribution is 6.13. The zero-order valence-corrected chi connectivity index (χ0v) is 16.1. The van der Waals surface area contributed by atoms with Gasteiger partial charge >= 0.3 is 0 Å². The van der Waals surface area contributed by atoms with Gasteiger partial charge in [0.25, 0.3) is 0 Å². The minimum atomic E-state index is -0.862. The maximum absolute atomic E-state index is 12.8. The van der Waals surface area contributed by atoms with Crippen LogP contribution < -0.4 is 10.2 Å². The Kier molecular flexibility index (Phi) is 5.08. The smallest absolute Gasteiger partial charge is 0.240 e. The maximum atomic E-state index is 12.8. The molecule has 0 atom stereocenters. The van der Waals surface area contributed by atoms with Crippen LogP contribution in [0.15, 0.2) is 24.3 Å². The molecule has 0 radical (unpaired) electrons. The summed E-state index contributed by atoms with van der Waals surface area (Å²) in [5.74, 6) is 0.597. The molecule has 1 aliphatic carbocycles. The van der Waals surface area contributed by atoms with Gasteiger partial charge in [0.05, 0.1) is 13.2 Å². The molecule has 3 aliphatic rings. The minimum Gasteiger partial charge on any atom is -0.378 e. The van der Waals surface area contributed by atoms with E-state index in [4.69, 9.17) is 4.74 Å². The molecule has 1 aromatic rings. The molecule has 3 fully saturated rings. The molecule has 1 saturated carbocycles. The van der Waals surface area contributed by atoms with E-state index < -0.39 is 5.41 Å². The average molecular weight is 371 g/mol. The third-order valence-corrected chi connectivity index (χ3v) is 6.17. The second-order valence-corrected chi connectivity index (χ2v) is 8.16. The molecule has 0 bridgehead atoms. The van der Waals surface area contributed by atoms with E-state index in [2.05, 4.69) is 29.3 Å². The van der Waals surface area contributed by atoms with Crippen molar-refractivity contribution < 1.29 is 14.3 Å². The van der Waals surface area contributed by atoms with Crippen LogP contribution in [0.2, 0.25) is 0 Å². The van der Waals surface area contributed by atoms with Crippen LogP contribution in [0.4, 0.5) is 11.4 Å². The van der Waals surface area contributed by atoms with Crippen molar-refractivity contribution in [2.24, 2.45) is 11.3 Å². The number of carbonyl (C=O) groups excluding carboxylic acids is 2. The highest BCUT2D eigenvalue weighted by Gasteiger charge is 2.58. The first kappa shape index (κ1) is 18.3. The first-order valence-corrected chi connectivity index (χ1v) is 10.1. The van der Waals surface area contributed by atoms with Gasteiger partial charge in [-0.15, -0.1) is 0 Å². The lowest BCUT2D eigenvalue weighted by molar-refractivity contribution is -0.145. The van der Waals surface area contributed by atoms with Gasteiger partial charge in [0.1, 0.15) is 5.41 Å². The number of hydrogen-bond acceptors (Lipinski definition) is 4. The zero-order chi connectivity index (χ0) is 18.9. The van der Waals surface area contributed by atoms with Crippen molar-refractivity contribution in [2.45, 2.75) is 32.6 Å². The Balaban J connectivity index is 1.37. The van der Waals surface area contributed by atoms with Gasteiger partial charge in [0.2, 0.25) is 11.8 Å². The van der Waals surface area contributed by atoms with E-state index in [1.165, 1.54) is 18.5 Å². The van der Waals surface area contributed by atoms with Crippen LogP contribution in [0.1, 0.15) is 32.6 Å². The normalized spacial score (nSPS) is 22.4. The van der Waals surface area contributed by atoms with Crippen LogP contribution in [0, 0.1) is 11.3 Å². The number of nitrogens with one attached hydrogen (secondary N) is 1. The number of benzene rings is 1. The van der Waals surface area contributed by atoms with Gasteiger partial charge < -0.3 is 19.9 Å². The first-order valence-electron chi connectivity index (χ1n) is 10.1. The van der Waals surface area contributed by atoms with Gasteiger partial charge in [-0.1, -0.05) is 6.92 Å². The molecule has 0 aromatic heterocycles. The zero-order valence-electron chi connectivity index (χ0n) is 16.1. The van der Waals surface area contributed by atoms with E-state index in [0.717, 1.165) is 24.7 Å². The first-order chi connectivity index (χ1) is 13.1. The van der Waals surface area contributed by atoms with Gasteiger partial charge in [-0.2, -0.15) is 0 Å². The van der Waals surface area contributed by atoms with Crippen molar-refractivity contribution in [3.05, 3.63) is 24.3 Å². The summed E-state index contributed by atoms with van der Waals surface area (Å²) in [6.07, 6.45) is 3.73. The third-order valence-electron chi connectivity index (χ3n) is 6.17. The van der Waals surface area contributed by atoms with E-state index in [0.29, 0.717) is 39.1 Å². The van der Waals surface area contributed by atoms with Crippen molar-refractivity contribution in [3.63, 3.8) is 0 Å². The summed E-state index contributed by atoms with van der Waals surface area (Å²) < 4.78 is 5.31. The van der Waals surface area contributed by atoms with Gasteiger partial charge in [-0.05, 0) is 55.9 Å². The SMILES string of the molecule is CC1CCN(c2ccc(NC(=O)C3(C(=O)N4CCOCC4)CC3)cc2)CC1. The standard InChI is InChI=1S/C21H29N3O3/c1-16-6-10-23(11-7-16)18-4-2-17(3-5-18)22-19(25)21(8-9-21)20(26)24-12-14-27-15-13-24/h2-5,16H,6-15H2,1H3,(H,22,25). The number of piperidine rings is 1. The fourth-order valence-corrected chi connectivity index (χ4v) is 4.01. The summed E-state index contributed by atoms with van der Waals surface area (Å²) in [5, 5.41) is 2.97. The Bertz CT molecular complexity index is 685. The van der Waals surface area contributed by atoms with Crippen LogP contribution in [-0.4, -0.2) is 56.1 Å². The summed E-state index contributed by atoms with van der Waals surface area (Å²) in [6.45, 7) is 6.75. The van der Waals surface area contributed by atoms with Crippen LogP contribution in [0.3, 0.4) is 0 Å². The van der Waals surface area contributed by atoms with Crippen molar-refractivity contribution in [1.82, 2.24) is 4.90 Å². The number of ether oxygens (including phenoxy) is 1. The van der Waals surface area contributed by atoms with Gasteiger partial charge in [-0.3, -0.25) is 9.59 Å². The topological polar surface area (TPSA) is 61.9 Å². The summed E-state index contributed by atoms with van der Waals surface area (Å²) in [5.41, 5.74) is 1.10. The van der Waals surface area contributed by atoms with E-state index in [-0.39, 0.29) is 11.8 Å². The number of anilines is 2. The number of nitrogens with zero attached hydrogens (tertiary/aromatic N) is 2. The molecule has 0 unspecified atom stereocenters. The molecule has 1 aromatic carbocycles. The minimum absolute atomic E-state index is 0.0395. The molecule has 6 nitrogen and oxygen atoms in total. The molecule has 27 heavy (non-hydrogen) atoms. The molecular formula is C21H29N3O3. The number of hydrogen-bond donors (Lipinski definition) is 1. The summed E-state index contributed by atoms with van der Waals surface area (Å²) in [4.78, 5) is 29.8. The number of rotatable bonds is 4. The van der Waals surface area contributed by atoms with Crippen LogP contribution >= 0.6 is 0 Å². The fourth-order valence-electron chi connectivity index (χ4n) is 4.01. The number of amides is 2. The second kappa shape index (κ2) is 7.50. The van der Waals surface area contributed by atoms with Crippen LogP contribution in [-0.2, 0) is 14.3 Å². The summed E-state index contributed by atoms with van der Waals surface area (Å²) >= 11 is 0. The maximum Gasteiger partial charge on any atom is 0.240 e. The Labute approximate surface area is 160 Å². The number of morpholine rings is 1. The van der Waals surface area contributed by atoms with E-state index in [1.54, 1.807) is 4.90 Å². The largest absolute Gasteiger partial charge is 0.378 e. The van der Waals surface area contributed by atoms with Gasteiger partial charge in [0, 0.05) is 37.6 Å². The Morgan fingerprint density at radius 2 is 1.67 bits per heavy atom. The Morgan fingerprint density at radius 1 is 1.04 bits per heavy atom. The number of carbonyl (C=O) groups is 2. The van der Waals surface area contributed by atoms with Crippen molar-refractivity contribution in [3.8, 4) is 0 Å². The molecule has 0 spiro atoms. The quantitative estimate of drug-likeness (QED) is 0.826. The molecule has 2 amide bonds. The molecular weight excluding hydrogens is 342 g/mol. The molecule has 1 N–H and O–H groups in total. The molecule has 2 saturated heterocycles. The van der Waals surface area contributed by atoms with Crippen LogP contribution in [0.25, 0.3) is 0 Å². The second-order valence-electron chi connectivity index (χ2n) is 8.16. The predicted molar refractivity (Wildman–Crippen MR) is 105 cm³/mol. The predicted octanol–water partition coefficient (Wildman–Crippen LogP) is 2.50. The third kappa shape index (κ3) is 3.81.